The Morgan fingerprint density at radius 2 is 2.20 bits per heavy atom. The molecule has 1 rings (SSSR count). The number of rotatable bonds is 1. The van der Waals surface area contributed by atoms with Crippen molar-refractivity contribution in [1.29, 1.82) is 0 Å². The summed E-state index contributed by atoms with van der Waals surface area (Å²) < 4.78 is 0. The van der Waals surface area contributed by atoms with Crippen molar-refractivity contribution in [1.82, 2.24) is 4.90 Å². The van der Waals surface area contributed by atoms with Gasteiger partial charge in [-0.2, -0.15) is 0 Å². The number of Topliss-reactive ketones (excluding diaryl/α,β-unsaturated/α-hetero) is 1. The first kappa shape index (κ1) is 7.73. The third-order valence-electron chi connectivity index (χ3n) is 2.19. The molecule has 0 heterocycles. The molecule has 0 bridgehead atoms. The minimum atomic E-state index is 0.435. The summed E-state index contributed by atoms with van der Waals surface area (Å²) in [4.78, 5) is 13.1. The molecule has 0 aromatic rings. The Labute approximate surface area is 62.2 Å². The zero-order chi connectivity index (χ0) is 7.56. The van der Waals surface area contributed by atoms with Gasteiger partial charge in [-0.15, -0.1) is 0 Å². The van der Waals surface area contributed by atoms with E-state index in [1.165, 1.54) is 6.42 Å². The zero-order valence-corrected chi connectivity index (χ0v) is 6.76. The van der Waals surface area contributed by atoms with Gasteiger partial charge in [-0.3, -0.25) is 4.79 Å². The van der Waals surface area contributed by atoms with Gasteiger partial charge in [0.2, 0.25) is 0 Å². The van der Waals surface area contributed by atoms with E-state index < -0.39 is 0 Å². The van der Waals surface area contributed by atoms with Crippen LogP contribution in [0.2, 0.25) is 0 Å². The van der Waals surface area contributed by atoms with E-state index in [2.05, 4.69) is 4.90 Å². The average Bonchev–Trinajstić information content (AvgIpc) is 1.88. The van der Waals surface area contributed by atoms with E-state index in [4.69, 9.17) is 0 Å². The first-order valence-electron chi connectivity index (χ1n) is 3.88. The van der Waals surface area contributed by atoms with Gasteiger partial charge in [0.15, 0.2) is 0 Å². The summed E-state index contributed by atoms with van der Waals surface area (Å²) >= 11 is 0. The molecule has 1 unspecified atom stereocenters. The molecule has 0 aromatic heterocycles. The van der Waals surface area contributed by atoms with Crippen LogP contribution in [-0.2, 0) is 4.79 Å². The Balaban J connectivity index is 2.39. The molecule has 1 saturated carbocycles. The van der Waals surface area contributed by atoms with Crippen LogP contribution >= 0.6 is 0 Å². The van der Waals surface area contributed by atoms with E-state index in [1.54, 1.807) is 0 Å². The number of carbonyl (C=O) groups is 1. The fourth-order valence-corrected chi connectivity index (χ4v) is 1.44. The number of nitrogens with zero attached hydrogens (tertiary/aromatic N) is 1. The molecule has 58 valence electrons. The molecule has 2 nitrogen and oxygen atoms in total. The van der Waals surface area contributed by atoms with Gasteiger partial charge >= 0.3 is 0 Å². The van der Waals surface area contributed by atoms with E-state index >= 15 is 0 Å². The molecule has 0 amide bonds. The fraction of sp³-hybridized carbons (Fsp3) is 0.875. The highest BCUT2D eigenvalue weighted by atomic mass is 16.1. The number of hydrogen-bond donors (Lipinski definition) is 0. The summed E-state index contributed by atoms with van der Waals surface area (Å²) in [6, 6.07) is 0.515. The van der Waals surface area contributed by atoms with Gasteiger partial charge in [-0.05, 0) is 26.9 Å². The highest BCUT2D eigenvalue weighted by Gasteiger charge is 2.20. The summed E-state index contributed by atoms with van der Waals surface area (Å²) in [5.41, 5.74) is 0. The van der Waals surface area contributed by atoms with Crippen LogP contribution in [0.15, 0.2) is 0 Å². The van der Waals surface area contributed by atoms with Gasteiger partial charge in [-0.25, -0.2) is 0 Å². The lowest BCUT2D eigenvalue weighted by Crippen LogP contribution is -2.33. The summed E-state index contributed by atoms with van der Waals surface area (Å²) in [5, 5.41) is 0. The summed E-state index contributed by atoms with van der Waals surface area (Å²) in [6.45, 7) is 0. The number of hydrogen-bond acceptors (Lipinski definition) is 2. The molecule has 0 spiro atoms. The minimum Gasteiger partial charge on any atom is -0.306 e. The second-order valence-electron chi connectivity index (χ2n) is 3.25. The smallest absolute Gasteiger partial charge is 0.134 e. The van der Waals surface area contributed by atoms with Crippen LogP contribution < -0.4 is 0 Å². The molecule has 0 aliphatic heterocycles. The predicted octanol–water partition coefficient (Wildman–Crippen LogP) is 1.06. The van der Waals surface area contributed by atoms with E-state index in [9.17, 15) is 4.79 Å². The van der Waals surface area contributed by atoms with Crippen LogP contribution in [0.3, 0.4) is 0 Å². The number of ketones is 1. The molecule has 10 heavy (non-hydrogen) atoms. The largest absolute Gasteiger partial charge is 0.306 e. The molecule has 1 atom stereocenters. The van der Waals surface area contributed by atoms with Crippen molar-refractivity contribution in [3.8, 4) is 0 Å². The van der Waals surface area contributed by atoms with Crippen LogP contribution in [0.1, 0.15) is 25.7 Å². The Hall–Kier alpha value is -0.370. The Morgan fingerprint density at radius 3 is 2.60 bits per heavy atom. The van der Waals surface area contributed by atoms with Crippen molar-refractivity contribution >= 4 is 5.78 Å². The van der Waals surface area contributed by atoms with E-state index in [1.807, 2.05) is 14.1 Å². The van der Waals surface area contributed by atoms with E-state index in [0.29, 0.717) is 11.8 Å². The second-order valence-corrected chi connectivity index (χ2v) is 3.25. The Morgan fingerprint density at radius 1 is 1.50 bits per heavy atom. The quantitative estimate of drug-likeness (QED) is 0.544. The molecule has 1 fully saturated rings. The molecular weight excluding hydrogens is 126 g/mol. The van der Waals surface area contributed by atoms with Crippen molar-refractivity contribution in [2.75, 3.05) is 14.1 Å². The molecule has 1 aliphatic rings. The lowest BCUT2D eigenvalue weighted by molar-refractivity contribution is -0.121. The third-order valence-corrected chi connectivity index (χ3v) is 2.19. The molecule has 0 aromatic carbocycles. The van der Waals surface area contributed by atoms with Crippen LogP contribution in [0.5, 0.6) is 0 Å². The summed E-state index contributed by atoms with van der Waals surface area (Å²) in [5.74, 6) is 0.435. The highest BCUT2D eigenvalue weighted by Crippen LogP contribution is 2.17. The third kappa shape index (κ3) is 1.81. The molecule has 0 N–H and O–H groups in total. The monoisotopic (exact) mass is 141 g/mol. The first-order chi connectivity index (χ1) is 4.70. The molecule has 0 radical (unpaired) electrons. The first-order valence-corrected chi connectivity index (χ1v) is 3.88. The highest BCUT2D eigenvalue weighted by molar-refractivity contribution is 5.79. The van der Waals surface area contributed by atoms with Gasteiger partial charge in [-0.1, -0.05) is 0 Å². The Bertz CT molecular complexity index is 131. The topological polar surface area (TPSA) is 20.3 Å². The van der Waals surface area contributed by atoms with Crippen molar-refractivity contribution in [2.24, 2.45) is 0 Å². The summed E-state index contributed by atoms with van der Waals surface area (Å²) in [6.07, 6.45) is 3.86. The SMILES string of the molecule is CN(C)C1CCCC(=O)C1. The maximum Gasteiger partial charge on any atom is 0.134 e. The van der Waals surface area contributed by atoms with Crippen LogP contribution in [-0.4, -0.2) is 30.8 Å². The van der Waals surface area contributed by atoms with Gasteiger partial charge in [0, 0.05) is 18.9 Å². The zero-order valence-electron chi connectivity index (χ0n) is 6.76. The van der Waals surface area contributed by atoms with Crippen molar-refractivity contribution in [3.05, 3.63) is 0 Å². The van der Waals surface area contributed by atoms with Crippen molar-refractivity contribution in [2.45, 2.75) is 31.7 Å². The van der Waals surface area contributed by atoms with E-state index in [0.717, 1.165) is 19.3 Å². The van der Waals surface area contributed by atoms with Gasteiger partial charge in [0.1, 0.15) is 5.78 Å². The fourth-order valence-electron chi connectivity index (χ4n) is 1.44. The molecule has 2 heteroatoms. The average molecular weight is 141 g/mol. The molecular formula is C8H15NO. The van der Waals surface area contributed by atoms with Crippen LogP contribution in [0, 0.1) is 0 Å². The normalized spacial score (nSPS) is 27.5. The van der Waals surface area contributed by atoms with Crippen molar-refractivity contribution in [3.63, 3.8) is 0 Å². The standard InChI is InChI=1S/C8H15NO/c1-9(2)7-4-3-5-8(10)6-7/h7H,3-6H2,1-2H3. The summed E-state index contributed by atoms with van der Waals surface area (Å²) in [7, 11) is 4.09. The van der Waals surface area contributed by atoms with E-state index in [-0.39, 0.29) is 0 Å². The lowest BCUT2D eigenvalue weighted by atomic mass is 9.94. The van der Waals surface area contributed by atoms with Gasteiger partial charge < -0.3 is 4.90 Å². The maximum absolute atomic E-state index is 11.0. The second kappa shape index (κ2) is 3.15. The predicted molar refractivity (Wildman–Crippen MR) is 41.0 cm³/mol. The molecule has 1 aliphatic carbocycles. The molecule has 0 saturated heterocycles. The van der Waals surface area contributed by atoms with Gasteiger partial charge in [0.05, 0.1) is 0 Å². The minimum absolute atomic E-state index is 0.435. The van der Waals surface area contributed by atoms with Crippen LogP contribution in [0.4, 0.5) is 0 Å². The lowest BCUT2D eigenvalue weighted by Gasteiger charge is -2.26. The van der Waals surface area contributed by atoms with Gasteiger partial charge in [0.25, 0.3) is 0 Å². The Kier molecular flexibility index (Phi) is 2.44. The maximum atomic E-state index is 11.0. The van der Waals surface area contributed by atoms with Crippen LogP contribution in [0.25, 0.3) is 0 Å². The number of carbonyl (C=O) groups excluding carboxylic acids is 1. The van der Waals surface area contributed by atoms with Crippen molar-refractivity contribution < 1.29 is 4.79 Å².